The van der Waals surface area contributed by atoms with E-state index in [2.05, 4.69) is 30.2 Å². The standard InChI is InChI=1S/C22H33N3O2/c1-21(2,3)24-13-9-17(15-24)19(26)23-14-11-22(16-23)10-6-12-25(20(22)27)18-7-4-5-8-18/h9,13,15,18H,4-8,10-12,14,16H2,1-3H3/t22-/m0/s1. The van der Waals surface area contributed by atoms with Crippen LogP contribution >= 0.6 is 0 Å². The van der Waals surface area contributed by atoms with E-state index in [0.29, 0.717) is 25.0 Å². The maximum Gasteiger partial charge on any atom is 0.255 e. The third-order valence-electron chi connectivity index (χ3n) is 6.89. The van der Waals surface area contributed by atoms with E-state index in [0.717, 1.165) is 44.2 Å². The van der Waals surface area contributed by atoms with E-state index < -0.39 is 0 Å². The number of rotatable bonds is 2. The molecule has 1 spiro atoms. The molecule has 3 heterocycles. The molecular formula is C22H33N3O2. The molecule has 1 atom stereocenters. The Morgan fingerprint density at radius 2 is 1.85 bits per heavy atom. The largest absolute Gasteiger partial charge is 0.348 e. The molecule has 0 N–H and O–H groups in total. The number of aromatic nitrogens is 1. The van der Waals surface area contributed by atoms with Crippen molar-refractivity contribution in [2.45, 2.75) is 77.3 Å². The van der Waals surface area contributed by atoms with Crippen LogP contribution in [-0.4, -0.2) is 51.9 Å². The van der Waals surface area contributed by atoms with Gasteiger partial charge in [-0.15, -0.1) is 0 Å². The highest BCUT2D eigenvalue weighted by Crippen LogP contribution is 2.42. The van der Waals surface area contributed by atoms with Gasteiger partial charge in [0.15, 0.2) is 0 Å². The van der Waals surface area contributed by atoms with Crippen LogP contribution in [0.15, 0.2) is 18.5 Å². The van der Waals surface area contributed by atoms with Gasteiger partial charge >= 0.3 is 0 Å². The lowest BCUT2D eigenvalue weighted by molar-refractivity contribution is -0.148. The minimum absolute atomic E-state index is 0.0358. The van der Waals surface area contributed by atoms with Gasteiger partial charge in [-0.1, -0.05) is 12.8 Å². The van der Waals surface area contributed by atoms with Gasteiger partial charge in [-0.25, -0.2) is 0 Å². The summed E-state index contributed by atoms with van der Waals surface area (Å²) in [4.78, 5) is 30.5. The summed E-state index contributed by atoms with van der Waals surface area (Å²) < 4.78 is 2.08. The zero-order valence-corrected chi connectivity index (χ0v) is 17.0. The number of likely N-dealkylation sites (tertiary alicyclic amines) is 2. The number of hydrogen-bond acceptors (Lipinski definition) is 2. The van der Waals surface area contributed by atoms with E-state index in [1.165, 1.54) is 12.8 Å². The van der Waals surface area contributed by atoms with Gasteiger partial charge in [0.2, 0.25) is 5.91 Å². The minimum Gasteiger partial charge on any atom is -0.348 e. The molecule has 2 amide bonds. The van der Waals surface area contributed by atoms with Gasteiger partial charge < -0.3 is 14.4 Å². The molecule has 27 heavy (non-hydrogen) atoms. The number of nitrogens with zero attached hydrogens (tertiary/aromatic N) is 3. The summed E-state index contributed by atoms with van der Waals surface area (Å²) in [5.74, 6) is 0.392. The van der Waals surface area contributed by atoms with E-state index >= 15 is 0 Å². The van der Waals surface area contributed by atoms with Crippen LogP contribution in [0.5, 0.6) is 0 Å². The van der Waals surface area contributed by atoms with Gasteiger partial charge in [0.25, 0.3) is 5.91 Å². The molecule has 4 rings (SSSR count). The van der Waals surface area contributed by atoms with Crippen LogP contribution in [0.3, 0.4) is 0 Å². The molecule has 5 nitrogen and oxygen atoms in total. The Morgan fingerprint density at radius 3 is 2.52 bits per heavy atom. The van der Waals surface area contributed by atoms with Crippen molar-refractivity contribution in [3.05, 3.63) is 24.0 Å². The molecular weight excluding hydrogens is 338 g/mol. The second kappa shape index (κ2) is 6.68. The van der Waals surface area contributed by atoms with E-state index in [9.17, 15) is 9.59 Å². The highest BCUT2D eigenvalue weighted by atomic mass is 16.2. The van der Waals surface area contributed by atoms with Crippen LogP contribution in [0.4, 0.5) is 0 Å². The van der Waals surface area contributed by atoms with Gasteiger partial charge in [0.05, 0.1) is 11.0 Å². The summed E-state index contributed by atoms with van der Waals surface area (Å²) >= 11 is 0. The molecule has 0 aromatic carbocycles. The van der Waals surface area contributed by atoms with Gasteiger partial charge in [0, 0.05) is 43.6 Å². The molecule has 2 aliphatic heterocycles. The molecule has 0 unspecified atom stereocenters. The highest BCUT2D eigenvalue weighted by Gasteiger charge is 2.50. The van der Waals surface area contributed by atoms with Crippen LogP contribution in [0.25, 0.3) is 0 Å². The zero-order chi connectivity index (χ0) is 19.2. The van der Waals surface area contributed by atoms with Crippen molar-refractivity contribution in [2.24, 2.45) is 5.41 Å². The normalized spacial score (nSPS) is 27.1. The predicted octanol–water partition coefficient (Wildman–Crippen LogP) is 3.64. The van der Waals surface area contributed by atoms with Crippen LogP contribution in [0, 0.1) is 5.41 Å². The molecule has 3 aliphatic rings. The first-order valence-electron chi connectivity index (χ1n) is 10.6. The maximum absolute atomic E-state index is 13.4. The lowest BCUT2D eigenvalue weighted by Crippen LogP contribution is -2.53. The predicted molar refractivity (Wildman–Crippen MR) is 106 cm³/mol. The number of amides is 2. The van der Waals surface area contributed by atoms with Crippen LogP contribution in [-0.2, 0) is 10.3 Å². The summed E-state index contributed by atoms with van der Waals surface area (Å²) in [6.45, 7) is 8.59. The average Bonchev–Trinajstić information content (AvgIpc) is 3.37. The van der Waals surface area contributed by atoms with Crippen LogP contribution in [0.1, 0.15) is 76.1 Å². The topological polar surface area (TPSA) is 45.6 Å². The molecule has 2 saturated heterocycles. The van der Waals surface area contributed by atoms with Gasteiger partial charge in [-0.05, 0) is 58.9 Å². The van der Waals surface area contributed by atoms with Gasteiger partial charge in [-0.2, -0.15) is 0 Å². The molecule has 1 aliphatic carbocycles. The molecule has 5 heteroatoms. The monoisotopic (exact) mass is 371 g/mol. The van der Waals surface area contributed by atoms with E-state index in [1.807, 2.05) is 23.4 Å². The zero-order valence-electron chi connectivity index (χ0n) is 17.0. The molecule has 1 saturated carbocycles. The fraction of sp³-hybridized carbons (Fsp3) is 0.727. The summed E-state index contributed by atoms with van der Waals surface area (Å²) in [6.07, 6.45) is 11.6. The molecule has 1 aromatic heterocycles. The third kappa shape index (κ3) is 3.30. The Balaban J connectivity index is 1.48. The summed E-state index contributed by atoms with van der Waals surface area (Å²) in [5.41, 5.74) is 0.368. The quantitative estimate of drug-likeness (QED) is 0.797. The third-order valence-corrected chi connectivity index (χ3v) is 6.89. The van der Waals surface area contributed by atoms with Gasteiger partial charge in [0.1, 0.15) is 0 Å². The second-order valence-electron chi connectivity index (χ2n) is 9.78. The highest BCUT2D eigenvalue weighted by molar-refractivity contribution is 5.95. The molecule has 148 valence electrons. The van der Waals surface area contributed by atoms with Crippen molar-refractivity contribution >= 4 is 11.8 Å². The fourth-order valence-electron chi connectivity index (χ4n) is 5.21. The molecule has 1 aromatic rings. The Hall–Kier alpha value is -1.78. The maximum atomic E-state index is 13.4. The minimum atomic E-state index is -0.330. The van der Waals surface area contributed by atoms with Crippen molar-refractivity contribution in [3.8, 4) is 0 Å². The first-order chi connectivity index (χ1) is 12.8. The first-order valence-corrected chi connectivity index (χ1v) is 10.6. The van der Waals surface area contributed by atoms with E-state index in [4.69, 9.17) is 0 Å². The summed E-state index contributed by atoms with van der Waals surface area (Å²) in [5, 5.41) is 0. The summed E-state index contributed by atoms with van der Waals surface area (Å²) in [7, 11) is 0. The van der Waals surface area contributed by atoms with Crippen molar-refractivity contribution < 1.29 is 9.59 Å². The van der Waals surface area contributed by atoms with E-state index in [-0.39, 0.29) is 16.9 Å². The van der Waals surface area contributed by atoms with Crippen LogP contribution < -0.4 is 0 Å². The molecule has 0 radical (unpaired) electrons. The number of carbonyl (C=O) groups excluding carboxylic acids is 2. The smallest absolute Gasteiger partial charge is 0.255 e. The van der Waals surface area contributed by atoms with Crippen LogP contribution in [0.2, 0.25) is 0 Å². The first kappa shape index (κ1) is 18.6. The summed E-state index contributed by atoms with van der Waals surface area (Å²) in [6, 6.07) is 2.35. The number of hydrogen-bond donors (Lipinski definition) is 0. The van der Waals surface area contributed by atoms with Crippen molar-refractivity contribution in [1.82, 2.24) is 14.4 Å². The average molecular weight is 372 g/mol. The van der Waals surface area contributed by atoms with Crippen molar-refractivity contribution in [2.75, 3.05) is 19.6 Å². The molecule has 3 fully saturated rings. The Labute approximate surface area is 162 Å². The van der Waals surface area contributed by atoms with E-state index in [1.54, 1.807) is 0 Å². The number of carbonyl (C=O) groups is 2. The SMILES string of the molecule is CC(C)(C)n1ccc(C(=O)N2CC[C@@]3(CCCN(C4CCCC4)C3=O)C2)c1. The molecule has 0 bridgehead atoms. The lowest BCUT2D eigenvalue weighted by Gasteiger charge is -2.42. The fourth-order valence-corrected chi connectivity index (χ4v) is 5.21. The van der Waals surface area contributed by atoms with Gasteiger partial charge in [-0.3, -0.25) is 9.59 Å². The second-order valence-corrected chi connectivity index (χ2v) is 9.78. The lowest BCUT2D eigenvalue weighted by atomic mass is 9.77. The Bertz CT molecular complexity index is 726. The van der Waals surface area contributed by atoms with Crippen molar-refractivity contribution in [3.63, 3.8) is 0 Å². The Morgan fingerprint density at radius 1 is 1.11 bits per heavy atom. The Kier molecular flexibility index (Phi) is 4.59. The number of piperidine rings is 1. The van der Waals surface area contributed by atoms with Crippen molar-refractivity contribution in [1.29, 1.82) is 0 Å².